The zero-order valence-electron chi connectivity index (χ0n) is 12.8. The second-order valence-electron chi connectivity index (χ2n) is 5.98. The minimum Gasteiger partial charge on any atom is -0.497 e. The molecule has 0 aliphatic heterocycles. The summed E-state index contributed by atoms with van der Waals surface area (Å²) in [7, 11) is 5.82. The van der Waals surface area contributed by atoms with Crippen molar-refractivity contribution < 1.29 is 9.84 Å². The van der Waals surface area contributed by atoms with Crippen molar-refractivity contribution in [1.82, 2.24) is 10.2 Å². The van der Waals surface area contributed by atoms with Gasteiger partial charge >= 0.3 is 0 Å². The predicted octanol–water partition coefficient (Wildman–Crippen LogP) is 1.07. The molecule has 0 fully saturated rings. The van der Waals surface area contributed by atoms with Gasteiger partial charge < -0.3 is 20.1 Å². The smallest absolute Gasteiger partial charge is 0.119 e. The maximum absolute atomic E-state index is 9.85. The van der Waals surface area contributed by atoms with Gasteiger partial charge in [-0.1, -0.05) is 6.07 Å². The highest BCUT2D eigenvalue weighted by atomic mass is 16.5. The third kappa shape index (κ3) is 3.51. The molecule has 1 atom stereocenters. The molecule has 0 amide bonds. The van der Waals surface area contributed by atoms with Gasteiger partial charge in [0.05, 0.1) is 13.7 Å². The van der Waals surface area contributed by atoms with Crippen LogP contribution in [0.3, 0.4) is 0 Å². The first-order valence-electron chi connectivity index (χ1n) is 7.25. The van der Waals surface area contributed by atoms with E-state index in [0.29, 0.717) is 0 Å². The fourth-order valence-corrected chi connectivity index (χ4v) is 2.85. The summed E-state index contributed by atoms with van der Waals surface area (Å²) in [6.45, 7) is 2.05. The lowest BCUT2D eigenvalue weighted by Crippen LogP contribution is -2.54. The number of ether oxygens (including phenoxy) is 1. The number of likely N-dealkylation sites (N-methyl/N-ethyl adjacent to an activating group) is 1. The van der Waals surface area contributed by atoms with E-state index in [0.717, 1.165) is 38.1 Å². The Morgan fingerprint density at radius 2 is 2.15 bits per heavy atom. The van der Waals surface area contributed by atoms with Crippen LogP contribution in [-0.2, 0) is 12.8 Å². The monoisotopic (exact) mass is 278 g/mol. The van der Waals surface area contributed by atoms with Crippen LogP contribution < -0.4 is 10.1 Å². The number of rotatable bonds is 6. The molecule has 0 saturated heterocycles. The summed E-state index contributed by atoms with van der Waals surface area (Å²) in [5, 5.41) is 13.4. The second kappa shape index (κ2) is 6.57. The van der Waals surface area contributed by atoms with E-state index in [9.17, 15) is 5.11 Å². The fraction of sp³-hybridized carbons (Fsp3) is 0.625. The fourth-order valence-electron chi connectivity index (χ4n) is 2.85. The van der Waals surface area contributed by atoms with Crippen molar-refractivity contribution in [1.29, 1.82) is 0 Å². The Kier molecular flexibility index (Phi) is 5.02. The summed E-state index contributed by atoms with van der Waals surface area (Å²) in [6.07, 6.45) is 2.86. The summed E-state index contributed by atoms with van der Waals surface area (Å²) in [4.78, 5) is 2.15. The first-order chi connectivity index (χ1) is 9.58. The Balaban J connectivity index is 2.09. The van der Waals surface area contributed by atoms with Gasteiger partial charge in [-0.05, 0) is 56.6 Å². The molecule has 1 aliphatic rings. The highest BCUT2D eigenvalue weighted by Crippen LogP contribution is 2.31. The number of methoxy groups -OCH3 is 1. The lowest BCUT2D eigenvalue weighted by molar-refractivity contribution is 0.142. The van der Waals surface area contributed by atoms with E-state index in [1.54, 1.807) is 7.11 Å². The molecule has 0 aromatic heterocycles. The molecule has 4 heteroatoms. The van der Waals surface area contributed by atoms with Crippen molar-refractivity contribution in [3.63, 3.8) is 0 Å². The second-order valence-corrected chi connectivity index (χ2v) is 5.98. The Hall–Kier alpha value is -1.10. The van der Waals surface area contributed by atoms with Crippen molar-refractivity contribution in [2.45, 2.75) is 24.8 Å². The number of aryl methyl sites for hydroxylation is 1. The largest absolute Gasteiger partial charge is 0.497 e. The molecule has 0 heterocycles. The molecule has 1 aliphatic carbocycles. The number of fused-ring (bicyclic) bond motifs is 1. The summed E-state index contributed by atoms with van der Waals surface area (Å²) >= 11 is 0. The van der Waals surface area contributed by atoms with Crippen molar-refractivity contribution >= 4 is 0 Å². The summed E-state index contributed by atoms with van der Waals surface area (Å²) in [5.74, 6) is 0.894. The number of hydrogen-bond donors (Lipinski definition) is 2. The lowest BCUT2D eigenvalue weighted by Gasteiger charge is -2.38. The molecule has 0 saturated carbocycles. The third-order valence-corrected chi connectivity index (χ3v) is 4.18. The number of nitrogens with one attached hydrogen (secondary N) is 1. The van der Waals surface area contributed by atoms with Gasteiger partial charge in [0.15, 0.2) is 0 Å². The molecule has 2 N–H and O–H groups in total. The molecule has 2 rings (SSSR count). The van der Waals surface area contributed by atoms with E-state index in [4.69, 9.17) is 4.74 Å². The Morgan fingerprint density at radius 3 is 2.80 bits per heavy atom. The van der Waals surface area contributed by atoms with E-state index in [1.165, 1.54) is 11.1 Å². The Morgan fingerprint density at radius 1 is 1.35 bits per heavy atom. The topological polar surface area (TPSA) is 44.7 Å². The van der Waals surface area contributed by atoms with Gasteiger partial charge in [-0.3, -0.25) is 0 Å². The van der Waals surface area contributed by atoms with Crippen LogP contribution in [-0.4, -0.2) is 56.4 Å². The summed E-state index contributed by atoms with van der Waals surface area (Å²) in [6, 6.07) is 6.27. The highest BCUT2D eigenvalue weighted by molar-refractivity contribution is 5.39. The van der Waals surface area contributed by atoms with Crippen LogP contribution in [0, 0.1) is 0 Å². The minimum atomic E-state index is -0.185. The molecule has 1 aromatic carbocycles. The summed E-state index contributed by atoms with van der Waals surface area (Å²) in [5.41, 5.74) is 2.49. The van der Waals surface area contributed by atoms with E-state index in [1.807, 2.05) is 6.07 Å². The maximum Gasteiger partial charge on any atom is 0.119 e. The van der Waals surface area contributed by atoms with Crippen molar-refractivity contribution in [2.75, 3.05) is 40.9 Å². The van der Waals surface area contributed by atoms with Crippen molar-refractivity contribution in [2.24, 2.45) is 0 Å². The predicted molar refractivity (Wildman–Crippen MR) is 81.4 cm³/mol. The van der Waals surface area contributed by atoms with E-state index >= 15 is 0 Å². The maximum atomic E-state index is 9.85. The molecule has 0 bridgehead atoms. The SMILES string of the molecule is COc1ccc2c(c1)CC(CO)(NCCN(C)C)CC2. The van der Waals surface area contributed by atoms with Crippen molar-refractivity contribution in [3.05, 3.63) is 29.3 Å². The molecule has 20 heavy (non-hydrogen) atoms. The van der Waals surface area contributed by atoms with Crippen molar-refractivity contribution in [3.8, 4) is 5.75 Å². The lowest BCUT2D eigenvalue weighted by atomic mass is 9.78. The van der Waals surface area contributed by atoms with E-state index < -0.39 is 0 Å². The number of nitrogens with zero attached hydrogens (tertiary/aromatic N) is 1. The molecular formula is C16H26N2O2. The number of aliphatic hydroxyl groups excluding tert-OH is 1. The minimum absolute atomic E-state index is 0.178. The van der Waals surface area contributed by atoms with Gasteiger partial charge in [0.2, 0.25) is 0 Å². The Labute approximate surface area is 121 Å². The standard InChI is InChI=1S/C16H26N2O2/c1-18(2)9-8-17-16(12-19)7-6-13-4-5-15(20-3)10-14(13)11-16/h4-5,10,17,19H,6-9,11-12H2,1-3H3. The van der Waals surface area contributed by atoms with Crippen LogP contribution in [0.4, 0.5) is 0 Å². The van der Waals surface area contributed by atoms with E-state index in [2.05, 4.69) is 36.4 Å². The van der Waals surface area contributed by atoms with Gasteiger partial charge in [-0.25, -0.2) is 0 Å². The van der Waals surface area contributed by atoms with Crippen LogP contribution in [0.5, 0.6) is 5.75 Å². The molecule has 4 nitrogen and oxygen atoms in total. The molecule has 112 valence electrons. The van der Waals surface area contributed by atoms with E-state index in [-0.39, 0.29) is 12.1 Å². The molecule has 1 unspecified atom stereocenters. The van der Waals surface area contributed by atoms with Crippen LogP contribution in [0.15, 0.2) is 18.2 Å². The number of hydrogen-bond acceptors (Lipinski definition) is 4. The van der Waals surface area contributed by atoms with Gasteiger partial charge in [0.1, 0.15) is 5.75 Å². The first-order valence-corrected chi connectivity index (χ1v) is 7.25. The molecule has 0 spiro atoms. The normalized spacial score (nSPS) is 21.9. The molecule has 1 aromatic rings. The quantitative estimate of drug-likeness (QED) is 0.817. The number of benzene rings is 1. The highest BCUT2D eigenvalue weighted by Gasteiger charge is 2.33. The van der Waals surface area contributed by atoms with Crippen LogP contribution in [0.25, 0.3) is 0 Å². The zero-order valence-corrected chi connectivity index (χ0v) is 12.8. The molecule has 0 radical (unpaired) electrons. The molecular weight excluding hydrogens is 252 g/mol. The van der Waals surface area contributed by atoms with Gasteiger partial charge in [-0.15, -0.1) is 0 Å². The van der Waals surface area contributed by atoms with Gasteiger partial charge in [0, 0.05) is 18.6 Å². The average Bonchev–Trinajstić information content (AvgIpc) is 2.46. The first kappa shape index (κ1) is 15.3. The summed E-state index contributed by atoms with van der Waals surface area (Å²) < 4.78 is 5.31. The van der Waals surface area contributed by atoms with Crippen LogP contribution in [0.2, 0.25) is 0 Å². The number of aliphatic hydroxyl groups is 1. The zero-order chi connectivity index (χ0) is 14.6. The van der Waals surface area contributed by atoms with Gasteiger partial charge in [0.25, 0.3) is 0 Å². The Bertz CT molecular complexity index is 448. The van der Waals surface area contributed by atoms with Gasteiger partial charge in [-0.2, -0.15) is 0 Å². The van der Waals surface area contributed by atoms with Crippen LogP contribution >= 0.6 is 0 Å². The third-order valence-electron chi connectivity index (χ3n) is 4.18. The average molecular weight is 278 g/mol. The van der Waals surface area contributed by atoms with Crippen LogP contribution in [0.1, 0.15) is 17.5 Å².